The maximum atomic E-state index is 5.58. The van der Waals surface area contributed by atoms with Crippen LogP contribution in [-0.2, 0) is 5.41 Å². The number of likely N-dealkylation sites (N-methyl/N-ethyl adjacent to an activating group) is 1. The second kappa shape index (κ2) is 8.03. The maximum absolute atomic E-state index is 5.58. The van der Waals surface area contributed by atoms with Crippen LogP contribution in [0.2, 0.25) is 0 Å². The fraction of sp³-hybridized carbons (Fsp3) is 0.478. The molecule has 1 saturated carbocycles. The molecule has 1 saturated heterocycles. The van der Waals surface area contributed by atoms with Crippen LogP contribution in [0.5, 0.6) is 11.5 Å². The van der Waals surface area contributed by atoms with E-state index >= 15 is 0 Å². The number of hydrogen-bond acceptors (Lipinski definition) is 6. The second-order valence-corrected chi connectivity index (χ2v) is 8.14. The van der Waals surface area contributed by atoms with Crippen LogP contribution >= 0.6 is 0 Å². The van der Waals surface area contributed by atoms with Crippen molar-refractivity contribution in [3.8, 4) is 11.5 Å². The Hall–Kier alpha value is -2.60. The molecule has 0 bridgehead atoms. The van der Waals surface area contributed by atoms with Crippen LogP contribution in [0, 0.1) is 6.92 Å². The minimum atomic E-state index is 0.133. The van der Waals surface area contributed by atoms with Gasteiger partial charge in [-0.2, -0.15) is 5.10 Å². The normalized spacial score (nSPS) is 25.7. The maximum Gasteiger partial charge on any atom is 0.161 e. The fourth-order valence-corrected chi connectivity index (χ4v) is 4.92. The molecule has 1 aromatic heterocycles. The summed E-state index contributed by atoms with van der Waals surface area (Å²) in [7, 11) is 5.61. The highest BCUT2D eigenvalue weighted by Crippen LogP contribution is 2.49. The van der Waals surface area contributed by atoms with Crippen molar-refractivity contribution in [3.05, 3.63) is 47.7 Å². The number of methoxy groups -OCH3 is 2. The van der Waals surface area contributed by atoms with Crippen molar-refractivity contribution in [1.82, 2.24) is 9.88 Å². The van der Waals surface area contributed by atoms with Gasteiger partial charge in [-0.3, -0.25) is 5.43 Å². The number of aryl methyl sites for hydroxylation is 1. The molecule has 0 unspecified atom stereocenters. The number of fused-ring (bicyclic) bond motifs is 1. The second-order valence-electron chi connectivity index (χ2n) is 8.14. The lowest BCUT2D eigenvalue weighted by Crippen LogP contribution is -2.46. The van der Waals surface area contributed by atoms with Gasteiger partial charge in [-0.05, 0) is 69.1 Å². The van der Waals surface area contributed by atoms with Crippen molar-refractivity contribution in [2.45, 2.75) is 44.1 Å². The average Bonchev–Trinajstić information content (AvgIpc) is 3.10. The molecule has 1 aromatic carbocycles. The van der Waals surface area contributed by atoms with Crippen molar-refractivity contribution < 1.29 is 9.47 Å². The topological polar surface area (TPSA) is 59.0 Å². The number of likely N-dealkylation sites (tertiary alicyclic amines) is 1. The molecule has 154 valence electrons. The van der Waals surface area contributed by atoms with Gasteiger partial charge in [0.25, 0.3) is 0 Å². The first-order valence-corrected chi connectivity index (χ1v) is 10.2. The molecule has 0 spiro atoms. The summed E-state index contributed by atoms with van der Waals surface area (Å²) >= 11 is 0. The Kier molecular flexibility index (Phi) is 5.46. The zero-order valence-electron chi connectivity index (χ0n) is 17.7. The van der Waals surface area contributed by atoms with Crippen LogP contribution < -0.4 is 14.9 Å². The smallest absolute Gasteiger partial charge is 0.161 e. The third-order valence-electron chi connectivity index (χ3n) is 6.66. The van der Waals surface area contributed by atoms with Gasteiger partial charge in [-0.15, -0.1) is 0 Å². The van der Waals surface area contributed by atoms with Gasteiger partial charge in [0, 0.05) is 29.8 Å². The summed E-state index contributed by atoms with van der Waals surface area (Å²) in [6.45, 7) is 3.14. The van der Waals surface area contributed by atoms with E-state index < -0.39 is 0 Å². The van der Waals surface area contributed by atoms with E-state index in [0.29, 0.717) is 6.04 Å². The number of nitrogens with one attached hydrogen (secondary N) is 1. The fourth-order valence-electron chi connectivity index (χ4n) is 4.92. The summed E-state index contributed by atoms with van der Waals surface area (Å²) in [4.78, 5) is 6.87. The highest BCUT2D eigenvalue weighted by Gasteiger charge is 2.49. The Balaban J connectivity index is 1.59. The highest BCUT2D eigenvalue weighted by atomic mass is 16.5. The number of benzene rings is 1. The van der Waals surface area contributed by atoms with E-state index in [1.165, 1.54) is 11.3 Å². The predicted molar refractivity (Wildman–Crippen MR) is 116 cm³/mol. The number of hydrazone groups is 1. The molecule has 4 rings (SSSR count). The Morgan fingerprint density at radius 2 is 2.00 bits per heavy atom. The van der Waals surface area contributed by atoms with E-state index in [1.807, 2.05) is 25.1 Å². The molecule has 1 aliphatic carbocycles. The van der Waals surface area contributed by atoms with Crippen molar-refractivity contribution in [3.63, 3.8) is 0 Å². The van der Waals surface area contributed by atoms with Gasteiger partial charge in [-0.1, -0.05) is 12.1 Å². The van der Waals surface area contributed by atoms with Crippen molar-refractivity contribution >= 4 is 11.5 Å². The zero-order chi connectivity index (χ0) is 20.4. The minimum Gasteiger partial charge on any atom is -0.493 e. The molecule has 2 aromatic rings. The zero-order valence-corrected chi connectivity index (χ0v) is 17.7. The third-order valence-corrected chi connectivity index (χ3v) is 6.66. The molecule has 2 fully saturated rings. The van der Waals surface area contributed by atoms with E-state index in [2.05, 4.69) is 34.5 Å². The molecule has 0 radical (unpaired) electrons. The number of rotatable bonds is 5. The van der Waals surface area contributed by atoms with Crippen LogP contribution in [0.1, 0.15) is 36.8 Å². The van der Waals surface area contributed by atoms with Crippen LogP contribution in [0.25, 0.3) is 0 Å². The molecule has 1 N–H and O–H groups in total. The first-order valence-electron chi connectivity index (χ1n) is 10.2. The lowest BCUT2D eigenvalue weighted by Gasteiger charge is -2.42. The van der Waals surface area contributed by atoms with Crippen LogP contribution in [-0.4, -0.2) is 49.4 Å². The Morgan fingerprint density at radius 3 is 2.76 bits per heavy atom. The minimum absolute atomic E-state index is 0.133. The molecule has 6 nitrogen and oxygen atoms in total. The van der Waals surface area contributed by atoms with E-state index in [0.717, 1.165) is 55.1 Å². The van der Waals surface area contributed by atoms with Crippen LogP contribution in [0.4, 0.5) is 5.82 Å². The molecular formula is C23H30N4O2. The van der Waals surface area contributed by atoms with Gasteiger partial charge >= 0.3 is 0 Å². The summed E-state index contributed by atoms with van der Waals surface area (Å²) in [5.41, 5.74) is 6.98. The molecule has 2 heterocycles. The summed E-state index contributed by atoms with van der Waals surface area (Å²) in [5.74, 6) is 2.42. The van der Waals surface area contributed by atoms with Crippen molar-refractivity contribution in [2.24, 2.45) is 5.10 Å². The quantitative estimate of drug-likeness (QED) is 0.777. The molecule has 29 heavy (non-hydrogen) atoms. The molecular weight excluding hydrogens is 364 g/mol. The Morgan fingerprint density at radius 1 is 1.17 bits per heavy atom. The Labute approximate surface area is 172 Å². The summed E-state index contributed by atoms with van der Waals surface area (Å²) in [6.07, 6.45) is 5.98. The van der Waals surface area contributed by atoms with Crippen LogP contribution in [0.15, 0.2) is 41.6 Å². The van der Waals surface area contributed by atoms with Gasteiger partial charge in [0.2, 0.25) is 0 Å². The third kappa shape index (κ3) is 3.57. The van der Waals surface area contributed by atoms with Crippen LogP contribution in [0.3, 0.4) is 0 Å². The van der Waals surface area contributed by atoms with Gasteiger partial charge in [0.1, 0.15) is 5.82 Å². The SMILES string of the molecule is COc1ccc([C@@]23CC/C(=N\Nc4ncccc4C)C[C@@H]2N(C)CC3)cc1OC. The number of anilines is 1. The number of pyridine rings is 1. The number of ether oxygens (including phenoxy) is 2. The first-order chi connectivity index (χ1) is 14.1. The molecule has 0 amide bonds. The Bertz CT molecular complexity index is 914. The molecule has 6 heteroatoms. The monoisotopic (exact) mass is 394 g/mol. The highest BCUT2D eigenvalue weighted by molar-refractivity contribution is 5.87. The predicted octanol–water partition coefficient (Wildman–Crippen LogP) is 4.00. The summed E-state index contributed by atoms with van der Waals surface area (Å²) in [5, 5.41) is 4.73. The van der Waals surface area contributed by atoms with Gasteiger partial charge in [0.15, 0.2) is 11.5 Å². The summed E-state index contributed by atoms with van der Waals surface area (Å²) < 4.78 is 11.0. The van der Waals surface area contributed by atoms with E-state index in [4.69, 9.17) is 14.6 Å². The number of nitrogens with zero attached hydrogens (tertiary/aromatic N) is 3. The van der Waals surface area contributed by atoms with E-state index in [1.54, 1.807) is 20.4 Å². The standard InChI is InChI=1S/C23H30N4O2/c1-16-6-5-12-24-22(16)26-25-18-9-10-23(11-13-27(2)21(23)15-18)17-7-8-19(28-3)20(14-17)29-4/h5-8,12,14,21H,9-11,13,15H2,1-4H3,(H,24,26)/b25-18+/t21-,23-/m0/s1. The average molecular weight is 395 g/mol. The van der Waals surface area contributed by atoms with E-state index in [9.17, 15) is 0 Å². The number of hydrogen-bond donors (Lipinski definition) is 1. The largest absolute Gasteiger partial charge is 0.493 e. The number of aromatic nitrogens is 1. The lowest BCUT2D eigenvalue weighted by atomic mass is 9.65. The van der Waals surface area contributed by atoms with Crippen molar-refractivity contribution in [2.75, 3.05) is 33.2 Å². The first kappa shape index (κ1) is 19.7. The van der Waals surface area contributed by atoms with Crippen molar-refractivity contribution in [1.29, 1.82) is 0 Å². The van der Waals surface area contributed by atoms with Gasteiger partial charge in [-0.25, -0.2) is 4.98 Å². The molecule has 2 aliphatic rings. The molecule has 1 aliphatic heterocycles. The summed E-state index contributed by atoms with van der Waals surface area (Å²) in [6, 6.07) is 10.8. The van der Waals surface area contributed by atoms with E-state index in [-0.39, 0.29) is 5.41 Å². The van der Waals surface area contributed by atoms with Gasteiger partial charge in [0.05, 0.1) is 14.2 Å². The molecule has 2 atom stereocenters. The van der Waals surface area contributed by atoms with Gasteiger partial charge < -0.3 is 14.4 Å². The lowest BCUT2D eigenvalue weighted by molar-refractivity contribution is 0.226.